The first-order valence-corrected chi connectivity index (χ1v) is 8.98. The maximum atomic E-state index is 15.2. The number of nitrogens with one attached hydrogen (secondary N) is 2. The van der Waals surface area contributed by atoms with E-state index in [0.29, 0.717) is 16.2 Å². The van der Waals surface area contributed by atoms with Crippen LogP contribution in [0.3, 0.4) is 0 Å². The molecule has 2 aromatic carbocycles. The molecule has 0 bridgehead atoms. The van der Waals surface area contributed by atoms with Crippen LogP contribution in [-0.2, 0) is 11.9 Å². The van der Waals surface area contributed by atoms with E-state index in [0.717, 1.165) is 4.47 Å². The number of aromatic nitrogens is 2. The Morgan fingerprint density at radius 3 is 2.93 bits per heavy atom. The number of halogens is 3. The highest BCUT2D eigenvalue weighted by atomic mass is 79.9. The number of aryl methyl sites for hydroxylation is 1. The lowest BCUT2D eigenvalue weighted by Crippen LogP contribution is -2.26. The van der Waals surface area contributed by atoms with Crippen molar-refractivity contribution in [2.24, 2.45) is 7.05 Å². The zero-order valence-corrected chi connectivity index (χ0v) is 16.4. The molecule has 0 aliphatic carbocycles. The normalized spacial score (nSPS) is 11.0. The third-order valence-electron chi connectivity index (χ3n) is 3.74. The van der Waals surface area contributed by atoms with Crippen molar-refractivity contribution in [1.29, 1.82) is 0 Å². The van der Waals surface area contributed by atoms with Crippen molar-refractivity contribution in [2.45, 2.75) is 0 Å². The van der Waals surface area contributed by atoms with Gasteiger partial charge in [-0.2, -0.15) is 0 Å². The summed E-state index contributed by atoms with van der Waals surface area (Å²) in [5.74, 6) is -1.34. The minimum Gasteiger partial charge on any atom is -0.394 e. The number of nitrogens with zero attached hydrogens (tertiary/aromatic N) is 2. The van der Waals surface area contributed by atoms with Crippen LogP contribution in [0, 0.1) is 5.82 Å². The monoisotopic (exact) mass is 456 g/mol. The summed E-state index contributed by atoms with van der Waals surface area (Å²) >= 11 is 9.52. The predicted molar refractivity (Wildman–Crippen MR) is 104 cm³/mol. The van der Waals surface area contributed by atoms with E-state index < -0.39 is 11.7 Å². The molecule has 0 unspecified atom stereocenters. The van der Waals surface area contributed by atoms with Crippen molar-refractivity contribution < 1.29 is 19.1 Å². The third kappa shape index (κ3) is 4.06. The van der Waals surface area contributed by atoms with E-state index in [1.165, 1.54) is 17.0 Å². The van der Waals surface area contributed by atoms with Crippen LogP contribution in [0.1, 0.15) is 10.4 Å². The molecule has 0 fully saturated rings. The SMILES string of the molecule is Cn1cnc2cc(C(=O)NOCCO)c(Nc3ccc(Br)cc3Cl)c(F)c21. The summed E-state index contributed by atoms with van der Waals surface area (Å²) in [4.78, 5) is 21.4. The molecule has 10 heteroatoms. The van der Waals surface area contributed by atoms with Gasteiger partial charge >= 0.3 is 0 Å². The molecule has 0 saturated heterocycles. The Kier molecular flexibility index (Phi) is 5.95. The average molecular weight is 458 g/mol. The second-order valence-electron chi connectivity index (χ2n) is 5.59. The summed E-state index contributed by atoms with van der Waals surface area (Å²) in [5, 5.41) is 12.0. The van der Waals surface area contributed by atoms with E-state index in [1.54, 1.807) is 25.2 Å². The van der Waals surface area contributed by atoms with Gasteiger partial charge in [0, 0.05) is 11.5 Å². The summed E-state index contributed by atoms with van der Waals surface area (Å²) in [7, 11) is 1.65. The van der Waals surface area contributed by atoms with Crippen LogP contribution in [0.5, 0.6) is 0 Å². The number of fused-ring (bicyclic) bond motifs is 1. The molecule has 0 saturated carbocycles. The van der Waals surface area contributed by atoms with Crippen molar-refractivity contribution in [1.82, 2.24) is 15.0 Å². The Labute approximate surface area is 167 Å². The number of aliphatic hydroxyl groups excluding tert-OH is 1. The molecular weight excluding hydrogens is 443 g/mol. The zero-order valence-electron chi connectivity index (χ0n) is 14.1. The molecule has 0 aliphatic heterocycles. The van der Waals surface area contributed by atoms with Gasteiger partial charge in [-0.1, -0.05) is 27.5 Å². The fraction of sp³-hybridized carbons (Fsp3) is 0.176. The van der Waals surface area contributed by atoms with E-state index in [4.69, 9.17) is 21.5 Å². The topological polar surface area (TPSA) is 88.4 Å². The molecule has 0 aliphatic rings. The number of hydrogen-bond donors (Lipinski definition) is 3. The summed E-state index contributed by atoms with van der Waals surface area (Å²) in [5.41, 5.74) is 3.05. The second kappa shape index (κ2) is 8.22. The zero-order chi connectivity index (χ0) is 19.6. The van der Waals surface area contributed by atoms with Crippen molar-refractivity contribution >= 4 is 55.8 Å². The van der Waals surface area contributed by atoms with E-state index in [9.17, 15) is 4.79 Å². The minimum atomic E-state index is -0.689. The number of carbonyl (C=O) groups excluding carboxylic acids is 1. The Balaban J connectivity index is 2.09. The third-order valence-corrected chi connectivity index (χ3v) is 4.54. The molecule has 1 amide bonds. The van der Waals surface area contributed by atoms with Crippen LogP contribution in [0.25, 0.3) is 11.0 Å². The first-order valence-electron chi connectivity index (χ1n) is 7.81. The second-order valence-corrected chi connectivity index (χ2v) is 6.91. The van der Waals surface area contributed by atoms with Gasteiger partial charge in [-0.25, -0.2) is 14.9 Å². The number of amides is 1. The standard InChI is InChI=1S/C17H15BrClFN4O3/c1-24-8-21-13-7-10(17(26)23-27-5-4-25)15(14(20)16(13)24)22-12-3-2-9(18)6-11(12)19/h2-3,6-8,22,25H,4-5H2,1H3,(H,23,26). The molecule has 1 heterocycles. The van der Waals surface area contributed by atoms with Gasteiger partial charge in [0.05, 0.1) is 47.0 Å². The smallest absolute Gasteiger partial charge is 0.277 e. The number of benzene rings is 2. The van der Waals surface area contributed by atoms with Gasteiger partial charge in [0.25, 0.3) is 5.91 Å². The summed E-state index contributed by atoms with van der Waals surface area (Å²) < 4.78 is 17.5. The number of hydroxylamine groups is 1. The van der Waals surface area contributed by atoms with Gasteiger partial charge in [-0.05, 0) is 24.3 Å². The highest BCUT2D eigenvalue weighted by Gasteiger charge is 2.22. The summed E-state index contributed by atoms with van der Waals surface area (Å²) in [6, 6.07) is 6.49. The Morgan fingerprint density at radius 2 is 2.22 bits per heavy atom. The van der Waals surface area contributed by atoms with Crippen molar-refractivity contribution in [2.75, 3.05) is 18.5 Å². The van der Waals surface area contributed by atoms with Crippen LogP contribution < -0.4 is 10.8 Å². The van der Waals surface area contributed by atoms with Crippen LogP contribution in [0.15, 0.2) is 35.1 Å². The fourth-order valence-electron chi connectivity index (χ4n) is 2.51. The van der Waals surface area contributed by atoms with Crippen molar-refractivity contribution in [3.8, 4) is 0 Å². The molecule has 27 heavy (non-hydrogen) atoms. The number of imidazole rings is 1. The average Bonchev–Trinajstić information content (AvgIpc) is 3.00. The quantitative estimate of drug-likeness (QED) is 0.389. The number of carbonyl (C=O) groups is 1. The molecule has 0 radical (unpaired) electrons. The summed E-state index contributed by atoms with van der Waals surface area (Å²) in [6.07, 6.45) is 1.45. The first kappa shape index (κ1) is 19.6. The Hall–Kier alpha value is -2.20. The van der Waals surface area contributed by atoms with E-state index in [1.807, 2.05) is 0 Å². The van der Waals surface area contributed by atoms with Crippen molar-refractivity contribution in [3.05, 3.63) is 51.5 Å². The van der Waals surface area contributed by atoms with Gasteiger partial charge in [0.2, 0.25) is 0 Å². The lowest BCUT2D eigenvalue weighted by atomic mass is 10.1. The maximum absolute atomic E-state index is 15.2. The van der Waals surface area contributed by atoms with Gasteiger partial charge in [0.15, 0.2) is 5.82 Å². The van der Waals surface area contributed by atoms with Gasteiger partial charge in [-0.3, -0.25) is 9.63 Å². The molecule has 142 valence electrons. The molecule has 0 atom stereocenters. The first-order chi connectivity index (χ1) is 12.9. The van der Waals surface area contributed by atoms with Crippen LogP contribution in [0.4, 0.5) is 15.8 Å². The van der Waals surface area contributed by atoms with Gasteiger partial charge in [-0.15, -0.1) is 0 Å². The largest absolute Gasteiger partial charge is 0.394 e. The number of anilines is 2. The summed E-state index contributed by atoms with van der Waals surface area (Å²) in [6.45, 7) is -0.366. The Morgan fingerprint density at radius 1 is 1.44 bits per heavy atom. The molecule has 3 aromatic rings. The Bertz CT molecular complexity index is 1010. The lowest BCUT2D eigenvalue weighted by Gasteiger charge is -2.15. The van der Waals surface area contributed by atoms with Gasteiger partial charge in [0.1, 0.15) is 5.52 Å². The molecule has 3 rings (SSSR count). The highest BCUT2D eigenvalue weighted by molar-refractivity contribution is 9.10. The van der Waals surface area contributed by atoms with Crippen LogP contribution in [0.2, 0.25) is 5.02 Å². The highest BCUT2D eigenvalue weighted by Crippen LogP contribution is 2.34. The minimum absolute atomic E-state index is 0.0179. The number of rotatable bonds is 6. The van der Waals surface area contributed by atoms with E-state index in [-0.39, 0.29) is 30.0 Å². The molecule has 7 nitrogen and oxygen atoms in total. The van der Waals surface area contributed by atoms with E-state index in [2.05, 4.69) is 31.7 Å². The number of hydrogen-bond acceptors (Lipinski definition) is 5. The molecule has 1 aromatic heterocycles. The van der Waals surface area contributed by atoms with E-state index >= 15 is 4.39 Å². The molecular formula is C17H15BrClFN4O3. The maximum Gasteiger partial charge on any atom is 0.277 e. The predicted octanol–water partition coefficient (Wildman–Crippen LogP) is 3.53. The lowest BCUT2D eigenvalue weighted by molar-refractivity contribution is 0.0169. The fourth-order valence-corrected chi connectivity index (χ4v) is 3.23. The molecule has 0 spiro atoms. The van der Waals surface area contributed by atoms with Crippen molar-refractivity contribution in [3.63, 3.8) is 0 Å². The molecule has 3 N–H and O–H groups in total. The van der Waals surface area contributed by atoms with Gasteiger partial charge < -0.3 is 15.0 Å². The van der Waals surface area contributed by atoms with Crippen LogP contribution in [-0.4, -0.2) is 33.8 Å². The van der Waals surface area contributed by atoms with Crippen LogP contribution >= 0.6 is 27.5 Å². The number of aliphatic hydroxyl groups is 1.